The highest BCUT2D eigenvalue weighted by molar-refractivity contribution is 4.84. The van der Waals surface area contributed by atoms with Gasteiger partial charge in [0.05, 0.1) is 13.2 Å². The molecule has 0 aromatic rings. The smallest absolute Gasteiger partial charge is 0.0608 e. The summed E-state index contributed by atoms with van der Waals surface area (Å²) < 4.78 is 5.38. The molecule has 1 saturated heterocycles. The Hall–Kier alpha value is -0.120. The van der Waals surface area contributed by atoms with Gasteiger partial charge < -0.3 is 4.74 Å². The summed E-state index contributed by atoms with van der Waals surface area (Å²) in [5, 5.41) is 2.36. The molecule has 1 aliphatic heterocycles. The van der Waals surface area contributed by atoms with Crippen LogP contribution in [0.4, 0.5) is 0 Å². The van der Waals surface area contributed by atoms with E-state index in [0.717, 1.165) is 32.2 Å². The molecule has 0 amide bonds. The second-order valence-electron chi connectivity index (χ2n) is 6.62. The summed E-state index contributed by atoms with van der Waals surface area (Å²) >= 11 is 0. The second kappa shape index (κ2) is 6.36. The molecule has 0 radical (unpaired) electrons. The first kappa shape index (κ1) is 14.3. The molecule has 0 unspecified atom stereocenters. The molecule has 1 aliphatic carbocycles. The van der Waals surface area contributed by atoms with Crippen molar-refractivity contribution in [1.29, 1.82) is 0 Å². The van der Waals surface area contributed by atoms with E-state index in [1.807, 2.05) is 0 Å². The largest absolute Gasteiger partial charge is 0.379 e. The third-order valence-corrected chi connectivity index (χ3v) is 5.12. The molecule has 3 nitrogen and oxygen atoms in total. The van der Waals surface area contributed by atoms with Crippen LogP contribution in [0.5, 0.6) is 0 Å². The zero-order valence-corrected chi connectivity index (χ0v) is 12.4. The molecule has 1 N–H and O–H groups in total. The van der Waals surface area contributed by atoms with Gasteiger partial charge in [-0.05, 0) is 37.0 Å². The van der Waals surface area contributed by atoms with E-state index in [9.17, 15) is 0 Å². The van der Waals surface area contributed by atoms with Crippen LogP contribution in [0.1, 0.15) is 52.9 Å². The van der Waals surface area contributed by atoms with Gasteiger partial charge in [0.25, 0.3) is 0 Å². The van der Waals surface area contributed by atoms with Gasteiger partial charge in [-0.15, -0.1) is 0 Å². The van der Waals surface area contributed by atoms with Gasteiger partial charge in [-0.2, -0.15) is 0 Å². The van der Waals surface area contributed by atoms with Crippen molar-refractivity contribution < 1.29 is 4.74 Å². The van der Waals surface area contributed by atoms with Gasteiger partial charge in [0.1, 0.15) is 0 Å². The molecule has 2 fully saturated rings. The molecule has 0 spiro atoms. The Balaban J connectivity index is 1.73. The lowest BCUT2D eigenvalue weighted by atomic mass is 9.69. The summed E-state index contributed by atoms with van der Waals surface area (Å²) in [6.07, 6.45) is 6.77. The maximum atomic E-state index is 5.38. The Bertz CT molecular complexity index is 241. The number of hydrogen-bond donors (Lipinski definition) is 1. The third-order valence-electron chi connectivity index (χ3n) is 5.12. The van der Waals surface area contributed by atoms with Crippen LogP contribution in [-0.4, -0.2) is 37.4 Å². The maximum Gasteiger partial charge on any atom is 0.0608 e. The van der Waals surface area contributed by atoms with Crippen molar-refractivity contribution >= 4 is 0 Å². The van der Waals surface area contributed by atoms with Crippen molar-refractivity contribution in [1.82, 2.24) is 10.4 Å². The Morgan fingerprint density at radius 1 is 1.11 bits per heavy atom. The van der Waals surface area contributed by atoms with Crippen LogP contribution < -0.4 is 5.43 Å². The van der Waals surface area contributed by atoms with E-state index in [0.29, 0.717) is 11.5 Å². The quantitative estimate of drug-likeness (QED) is 0.835. The molecule has 1 heterocycles. The monoisotopic (exact) mass is 254 g/mol. The number of ether oxygens (including phenoxy) is 1. The predicted octanol–water partition coefficient (Wildman–Crippen LogP) is 2.82. The maximum absolute atomic E-state index is 5.38. The lowest BCUT2D eigenvalue weighted by Crippen LogP contribution is -2.51. The molecule has 0 bridgehead atoms. The third kappa shape index (κ3) is 3.69. The van der Waals surface area contributed by atoms with Crippen molar-refractivity contribution in [2.75, 3.05) is 26.3 Å². The van der Waals surface area contributed by atoms with Gasteiger partial charge >= 0.3 is 0 Å². The van der Waals surface area contributed by atoms with Gasteiger partial charge in [-0.3, -0.25) is 5.43 Å². The first-order valence-electron chi connectivity index (χ1n) is 7.70. The van der Waals surface area contributed by atoms with E-state index in [-0.39, 0.29) is 0 Å². The number of nitrogens with one attached hydrogen (secondary N) is 1. The fourth-order valence-corrected chi connectivity index (χ4v) is 3.24. The number of hydrazine groups is 1. The zero-order valence-electron chi connectivity index (χ0n) is 12.4. The van der Waals surface area contributed by atoms with Crippen LogP contribution in [0.2, 0.25) is 0 Å². The molecular weight excluding hydrogens is 224 g/mol. The minimum atomic E-state index is 0.532. The van der Waals surface area contributed by atoms with E-state index >= 15 is 0 Å². The van der Waals surface area contributed by atoms with E-state index < -0.39 is 0 Å². The minimum Gasteiger partial charge on any atom is -0.379 e. The molecule has 3 heteroatoms. The zero-order chi connectivity index (χ0) is 13.0. The topological polar surface area (TPSA) is 24.5 Å². The van der Waals surface area contributed by atoms with Gasteiger partial charge in [0.15, 0.2) is 0 Å². The molecule has 0 aromatic carbocycles. The number of morpholine rings is 1. The van der Waals surface area contributed by atoms with Crippen LogP contribution in [0.25, 0.3) is 0 Å². The second-order valence-corrected chi connectivity index (χ2v) is 6.62. The lowest BCUT2D eigenvalue weighted by molar-refractivity contribution is -0.00399. The Morgan fingerprint density at radius 3 is 2.28 bits per heavy atom. The number of hydrogen-bond acceptors (Lipinski definition) is 3. The molecule has 0 atom stereocenters. The first-order chi connectivity index (χ1) is 8.62. The molecule has 18 heavy (non-hydrogen) atoms. The highest BCUT2D eigenvalue weighted by Crippen LogP contribution is 2.40. The SMILES string of the molecule is CCC(C)(C)C1CCC(NN2CCOCC2)CC1. The lowest BCUT2D eigenvalue weighted by Gasteiger charge is -2.40. The van der Waals surface area contributed by atoms with Crippen LogP contribution in [0, 0.1) is 11.3 Å². The highest BCUT2D eigenvalue weighted by atomic mass is 16.5. The molecular formula is C15H30N2O. The van der Waals surface area contributed by atoms with E-state index in [1.54, 1.807) is 0 Å². The summed E-state index contributed by atoms with van der Waals surface area (Å²) in [5.74, 6) is 0.922. The van der Waals surface area contributed by atoms with E-state index in [2.05, 4.69) is 31.2 Å². The van der Waals surface area contributed by atoms with Crippen molar-refractivity contribution in [2.24, 2.45) is 11.3 Å². The Kier molecular flexibility index (Phi) is 5.05. The molecule has 2 aliphatic rings. The Morgan fingerprint density at radius 2 is 1.72 bits per heavy atom. The van der Waals surface area contributed by atoms with E-state index in [4.69, 9.17) is 4.74 Å². The number of rotatable bonds is 4. The molecule has 2 rings (SSSR count). The predicted molar refractivity (Wildman–Crippen MR) is 75.3 cm³/mol. The summed E-state index contributed by atoms with van der Waals surface area (Å²) in [6, 6.07) is 0.701. The summed E-state index contributed by atoms with van der Waals surface area (Å²) in [4.78, 5) is 0. The summed E-state index contributed by atoms with van der Waals surface area (Å²) in [7, 11) is 0. The van der Waals surface area contributed by atoms with Crippen LogP contribution in [0.3, 0.4) is 0 Å². The van der Waals surface area contributed by atoms with Crippen molar-refractivity contribution in [3.8, 4) is 0 Å². The van der Waals surface area contributed by atoms with Crippen LogP contribution >= 0.6 is 0 Å². The van der Waals surface area contributed by atoms with Gasteiger partial charge in [0.2, 0.25) is 0 Å². The Labute approximate surface area is 112 Å². The number of nitrogens with zero attached hydrogens (tertiary/aromatic N) is 1. The summed E-state index contributed by atoms with van der Waals surface area (Å²) in [6.45, 7) is 11.1. The molecule has 0 aromatic heterocycles. The highest BCUT2D eigenvalue weighted by Gasteiger charge is 2.32. The van der Waals surface area contributed by atoms with E-state index in [1.165, 1.54) is 32.1 Å². The fourth-order valence-electron chi connectivity index (χ4n) is 3.24. The first-order valence-corrected chi connectivity index (χ1v) is 7.70. The van der Waals surface area contributed by atoms with Crippen molar-refractivity contribution in [3.05, 3.63) is 0 Å². The van der Waals surface area contributed by atoms with Crippen LogP contribution in [0.15, 0.2) is 0 Å². The average Bonchev–Trinajstić information content (AvgIpc) is 2.40. The van der Waals surface area contributed by atoms with Crippen molar-refractivity contribution in [2.45, 2.75) is 58.9 Å². The fraction of sp³-hybridized carbons (Fsp3) is 1.00. The van der Waals surface area contributed by atoms with Gasteiger partial charge in [-0.1, -0.05) is 27.2 Å². The standard InChI is InChI=1S/C15H30N2O/c1-4-15(2,3)13-5-7-14(8-6-13)16-17-9-11-18-12-10-17/h13-14,16H,4-12H2,1-3H3. The summed E-state index contributed by atoms with van der Waals surface area (Å²) in [5.41, 5.74) is 4.23. The van der Waals surface area contributed by atoms with Gasteiger partial charge in [-0.25, -0.2) is 5.01 Å². The van der Waals surface area contributed by atoms with Crippen molar-refractivity contribution in [3.63, 3.8) is 0 Å². The van der Waals surface area contributed by atoms with Crippen LogP contribution in [-0.2, 0) is 4.74 Å². The average molecular weight is 254 g/mol. The normalized spacial score (nSPS) is 31.5. The molecule has 106 valence electrons. The molecule has 1 saturated carbocycles. The van der Waals surface area contributed by atoms with Gasteiger partial charge in [0, 0.05) is 19.1 Å². The minimum absolute atomic E-state index is 0.532.